The highest BCUT2D eigenvalue weighted by Crippen LogP contribution is 2.32. The van der Waals surface area contributed by atoms with Crippen LogP contribution in [0.15, 0.2) is 40.2 Å². The van der Waals surface area contributed by atoms with Crippen LogP contribution in [0.25, 0.3) is 0 Å². The largest absolute Gasteiger partial charge is 0.399 e. The molecule has 1 aliphatic carbocycles. The second-order valence-electron chi connectivity index (χ2n) is 5.01. The van der Waals surface area contributed by atoms with Crippen molar-refractivity contribution in [2.45, 2.75) is 25.4 Å². The van der Waals surface area contributed by atoms with Crippen molar-refractivity contribution in [3.63, 3.8) is 0 Å². The van der Waals surface area contributed by atoms with E-state index in [9.17, 15) is 4.79 Å². The molecule has 20 heavy (non-hydrogen) atoms. The Hall–Kier alpha value is -1.33. The highest BCUT2D eigenvalue weighted by molar-refractivity contribution is 9.11. The van der Waals surface area contributed by atoms with Gasteiger partial charge in [0.1, 0.15) is 0 Å². The Labute approximate surface area is 130 Å². The number of rotatable bonds is 4. The molecular formula is C15H15BrN2OS. The molecule has 1 saturated carbocycles. The normalized spacial score (nSPS) is 14.2. The van der Waals surface area contributed by atoms with Crippen molar-refractivity contribution in [2.75, 3.05) is 5.73 Å². The molecule has 1 fully saturated rings. The summed E-state index contributed by atoms with van der Waals surface area (Å²) in [7, 11) is 0. The van der Waals surface area contributed by atoms with E-state index in [4.69, 9.17) is 5.73 Å². The first-order valence-corrected chi connectivity index (χ1v) is 8.15. The summed E-state index contributed by atoms with van der Waals surface area (Å²) in [6, 6.07) is 11.9. The van der Waals surface area contributed by atoms with Crippen molar-refractivity contribution >= 4 is 38.9 Å². The summed E-state index contributed by atoms with van der Waals surface area (Å²) in [5, 5.41) is 0. The molecule has 104 valence electrons. The average molecular weight is 351 g/mol. The molecule has 3 rings (SSSR count). The molecule has 3 nitrogen and oxygen atoms in total. The number of carbonyl (C=O) groups is 1. The highest BCUT2D eigenvalue weighted by Gasteiger charge is 2.33. The van der Waals surface area contributed by atoms with E-state index in [2.05, 4.69) is 15.9 Å². The van der Waals surface area contributed by atoms with E-state index in [1.165, 1.54) is 11.3 Å². The van der Waals surface area contributed by atoms with Gasteiger partial charge < -0.3 is 10.6 Å². The van der Waals surface area contributed by atoms with Gasteiger partial charge in [0.2, 0.25) is 0 Å². The molecular weight excluding hydrogens is 336 g/mol. The van der Waals surface area contributed by atoms with Gasteiger partial charge in [0, 0.05) is 18.3 Å². The average Bonchev–Trinajstić information content (AvgIpc) is 3.17. The molecule has 2 N–H and O–H groups in total. The Kier molecular flexibility index (Phi) is 3.81. The Balaban J connectivity index is 1.81. The van der Waals surface area contributed by atoms with Crippen molar-refractivity contribution < 1.29 is 4.79 Å². The van der Waals surface area contributed by atoms with Crippen molar-refractivity contribution in [2.24, 2.45) is 0 Å². The van der Waals surface area contributed by atoms with Gasteiger partial charge in [-0.3, -0.25) is 4.79 Å². The molecule has 5 heteroatoms. The molecule has 0 radical (unpaired) electrons. The number of carbonyl (C=O) groups excluding carboxylic acids is 1. The van der Waals surface area contributed by atoms with Crippen molar-refractivity contribution in [3.8, 4) is 0 Å². The second-order valence-corrected chi connectivity index (χ2v) is 7.48. The number of halogens is 1. The van der Waals surface area contributed by atoms with Gasteiger partial charge in [-0.2, -0.15) is 0 Å². The van der Waals surface area contributed by atoms with Crippen molar-refractivity contribution in [1.82, 2.24) is 4.90 Å². The predicted octanol–water partition coefficient (Wildman–Crippen LogP) is 3.90. The summed E-state index contributed by atoms with van der Waals surface area (Å²) in [6.45, 7) is 0.629. The van der Waals surface area contributed by atoms with Crippen molar-refractivity contribution in [3.05, 3.63) is 50.6 Å². The highest BCUT2D eigenvalue weighted by atomic mass is 79.9. The number of nitrogen functional groups attached to an aromatic ring is 1. The summed E-state index contributed by atoms with van der Waals surface area (Å²) in [5.74, 6) is 0.116. The molecule has 0 spiro atoms. The summed E-state index contributed by atoms with van der Waals surface area (Å²) in [4.78, 5) is 15.4. The SMILES string of the molecule is Nc1cccc(CN(C(=O)c2ccc(Br)s2)C2CC2)c1. The maximum Gasteiger partial charge on any atom is 0.264 e. The lowest BCUT2D eigenvalue weighted by Gasteiger charge is -2.22. The number of nitrogens with two attached hydrogens (primary N) is 1. The third kappa shape index (κ3) is 3.04. The fourth-order valence-corrected chi connectivity index (χ4v) is 3.55. The topological polar surface area (TPSA) is 46.3 Å². The smallest absolute Gasteiger partial charge is 0.264 e. The molecule has 2 aromatic rings. The quantitative estimate of drug-likeness (QED) is 0.850. The van der Waals surface area contributed by atoms with Crippen LogP contribution < -0.4 is 5.73 Å². The Morgan fingerprint density at radius 2 is 2.15 bits per heavy atom. The third-order valence-electron chi connectivity index (χ3n) is 3.34. The number of anilines is 1. The van der Waals surface area contributed by atoms with E-state index < -0.39 is 0 Å². The summed E-state index contributed by atoms with van der Waals surface area (Å²) in [6.07, 6.45) is 2.20. The van der Waals surface area contributed by atoms with E-state index in [1.54, 1.807) is 0 Å². The monoisotopic (exact) mass is 350 g/mol. The Morgan fingerprint density at radius 1 is 1.35 bits per heavy atom. The first-order chi connectivity index (χ1) is 9.63. The van der Waals surface area contributed by atoms with Gasteiger partial charge in [-0.25, -0.2) is 0 Å². The first kappa shape index (κ1) is 13.6. The molecule has 0 atom stereocenters. The standard InChI is InChI=1S/C15H15BrN2OS/c16-14-7-6-13(20-14)15(19)18(12-4-5-12)9-10-2-1-3-11(17)8-10/h1-3,6-8,12H,4-5,9,17H2. The molecule has 0 aliphatic heterocycles. The van der Waals surface area contributed by atoms with Crippen LogP contribution in [0.1, 0.15) is 28.1 Å². The molecule has 0 saturated heterocycles. The van der Waals surface area contributed by atoms with E-state index in [0.29, 0.717) is 12.6 Å². The molecule has 1 aromatic carbocycles. The van der Waals surface area contributed by atoms with Crippen LogP contribution in [0.3, 0.4) is 0 Å². The zero-order valence-electron chi connectivity index (χ0n) is 10.9. The third-order valence-corrected chi connectivity index (χ3v) is 4.95. The van der Waals surface area contributed by atoms with Gasteiger partial charge in [-0.05, 0) is 58.6 Å². The van der Waals surface area contributed by atoms with Gasteiger partial charge in [0.05, 0.1) is 8.66 Å². The number of hydrogen-bond donors (Lipinski definition) is 1. The van der Waals surface area contributed by atoms with E-state index in [0.717, 1.165) is 32.8 Å². The lowest BCUT2D eigenvalue weighted by molar-refractivity contribution is 0.0735. The number of benzene rings is 1. The van der Waals surface area contributed by atoms with Crippen LogP contribution in [-0.2, 0) is 6.54 Å². The van der Waals surface area contributed by atoms with Gasteiger partial charge in [0.25, 0.3) is 5.91 Å². The first-order valence-electron chi connectivity index (χ1n) is 6.54. The zero-order chi connectivity index (χ0) is 14.1. The summed E-state index contributed by atoms with van der Waals surface area (Å²) >= 11 is 4.89. The number of nitrogens with zero attached hydrogens (tertiary/aromatic N) is 1. The summed E-state index contributed by atoms with van der Waals surface area (Å²) < 4.78 is 0.987. The van der Waals surface area contributed by atoms with Gasteiger partial charge in [-0.1, -0.05) is 12.1 Å². The number of hydrogen-bond acceptors (Lipinski definition) is 3. The van der Waals surface area contributed by atoms with E-state index in [1.807, 2.05) is 41.3 Å². The van der Waals surface area contributed by atoms with Gasteiger partial charge >= 0.3 is 0 Å². The number of amides is 1. The van der Waals surface area contributed by atoms with Crippen LogP contribution in [-0.4, -0.2) is 16.8 Å². The molecule has 1 aromatic heterocycles. The zero-order valence-corrected chi connectivity index (χ0v) is 13.3. The number of thiophene rings is 1. The lowest BCUT2D eigenvalue weighted by Crippen LogP contribution is -2.32. The van der Waals surface area contributed by atoms with Crippen LogP contribution in [0, 0.1) is 0 Å². The van der Waals surface area contributed by atoms with Gasteiger partial charge in [-0.15, -0.1) is 11.3 Å². The molecule has 1 amide bonds. The van der Waals surface area contributed by atoms with Crippen molar-refractivity contribution in [1.29, 1.82) is 0 Å². The van der Waals surface area contributed by atoms with Crippen LogP contribution in [0.5, 0.6) is 0 Å². The molecule has 1 aliphatic rings. The van der Waals surface area contributed by atoms with E-state index in [-0.39, 0.29) is 5.91 Å². The minimum atomic E-state index is 0.116. The molecule has 0 unspecified atom stereocenters. The lowest BCUT2D eigenvalue weighted by atomic mass is 10.2. The van der Waals surface area contributed by atoms with Gasteiger partial charge in [0.15, 0.2) is 0 Å². The maximum atomic E-state index is 12.6. The van der Waals surface area contributed by atoms with E-state index >= 15 is 0 Å². The minimum Gasteiger partial charge on any atom is -0.399 e. The molecule has 0 bridgehead atoms. The minimum absolute atomic E-state index is 0.116. The Bertz CT molecular complexity index is 636. The summed E-state index contributed by atoms with van der Waals surface area (Å²) in [5.41, 5.74) is 7.63. The fourth-order valence-electron chi connectivity index (χ4n) is 2.21. The molecule has 1 heterocycles. The fraction of sp³-hybridized carbons (Fsp3) is 0.267. The Morgan fingerprint density at radius 3 is 2.75 bits per heavy atom. The predicted molar refractivity (Wildman–Crippen MR) is 85.8 cm³/mol. The van der Waals surface area contributed by atoms with Crippen LogP contribution >= 0.6 is 27.3 Å². The van der Waals surface area contributed by atoms with Crippen LogP contribution in [0.4, 0.5) is 5.69 Å². The second kappa shape index (κ2) is 5.58. The maximum absolute atomic E-state index is 12.6. The van der Waals surface area contributed by atoms with Crippen LogP contribution in [0.2, 0.25) is 0 Å².